The van der Waals surface area contributed by atoms with Crippen molar-refractivity contribution in [2.45, 2.75) is 69.8 Å². The average molecular weight is 751 g/mol. The average Bonchev–Trinajstić information content (AvgIpc) is 3.25. The number of hydrogen-bond acceptors (Lipinski definition) is 10. The molecule has 2 unspecified atom stereocenters. The molecule has 0 bridgehead atoms. The Hall–Kier alpha value is -3.47. The van der Waals surface area contributed by atoms with Gasteiger partial charge in [0.05, 0.1) is 23.9 Å². The number of allylic oxidation sites excluding steroid dienone is 2. The first-order valence-electron chi connectivity index (χ1n) is 16.8. The van der Waals surface area contributed by atoms with E-state index in [1.54, 1.807) is 20.3 Å². The summed E-state index contributed by atoms with van der Waals surface area (Å²) in [6.45, 7) is 10.6. The van der Waals surface area contributed by atoms with Crippen molar-refractivity contribution in [2.75, 3.05) is 62.6 Å². The van der Waals surface area contributed by atoms with Crippen LogP contribution in [0.5, 0.6) is 5.75 Å². The fraction of sp³-hybridized carbons (Fsp3) is 0.528. The summed E-state index contributed by atoms with van der Waals surface area (Å²) in [5.41, 5.74) is 3.38. The highest BCUT2D eigenvalue weighted by atomic mass is 32.2. The SMILES string of the molecule is COCCN(CCOC)c1ccc2c(c1)OC(/C=C1/N(CCCS(=O)(=O)O)c3ccc(S(=O)(=O)O)cc3C1(C)CCCC(=O)O)C=C2C(C)(C)C. The van der Waals surface area contributed by atoms with E-state index in [4.69, 9.17) is 14.2 Å². The summed E-state index contributed by atoms with van der Waals surface area (Å²) in [6.07, 6.45) is 3.75. The molecule has 0 radical (unpaired) electrons. The molecule has 0 aliphatic carbocycles. The molecule has 2 aliphatic heterocycles. The number of methoxy groups -OCH3 is 2. The van der Waals surface area contributed by atoms with Gasteiger partial charge in [-0.25, -0.2) is 0 Å². The third kappa shape index (κ3) is 9.90. The van der Waals surface area contributed by atoms with Crippen LogP contribution >= 0.6 is 0 Å². The Morgan fingerprint density at radius 2 is 1.69 bits per heavy atom. The van der Waals surface area contributed by atoms with Gasteiger partial charge in [0, 0.05) is 74.4 Å². The number of benzene rings is 2. The molecular formula is C36H50N2O11S2. The molecule has 13 nitrogen and oxygen atoms in total. The zero-order valence-corrected chi connectivity index (χ0v) is 31.7. The molecule has 2 heterocycles. The molecule has 15 heteroatoms. The lowest BCUT2D eigenvalue weighted by molar-refractivity contribution is -0.137. The highest BCUT2D eigenvalue weighted by Gasteiger charge is 2.44. The lowest BCUT2D eigenvalue weighted by atomic mass is 9.76. The molecule has 3 N–H and O–H groups in total. The molecule has 0 fully saturated rings. The predicted octanol–water partition coefficient (Wildman–Crippen LogP) is 5.42. The van der Waals surface area contributed by atoms with E-state index >= 15 is 0 Å². The maximum Gasteiger partial charge on any atom is 0.303 e. The van der Waals surface area contributed by atoms with Crippen LogP contribution in [0.4, 0.5) is 11.4 Å². The Kier molecular flexibility index (Phi) is 12.7. The number of carbonyl (C=O) groups is 1. The summed E-state index contributed by atoms with van der Waals surface area (Å²) in [7, 11) is -5.56. The van der Waals surface area contributed by atoms with Crippen LogP contribution in [0.3, 0.4) is 0 Å². The second kappa shape index (κ2) is 16.0. The molecule has 51 heavy (non-hydrogen) atoms. The molecule has 2 aromatic carbocycles. The van der Waals surface area contributed by atoms with E-state index in [0.29, 0.717) is 55.4 Å². The van der Waals surface area contributed by atoms with Crippen LogP contribution in [0.15, 0.2) is 59.1 Å². The number of aliphatic carboxylic acids is 1. The van der Waals surface area contributed by atoms with Gasteiger partial charge in [0.2, 0.25) is 0 Å². The molecule has 2 atom stereocenters. The fourth-order valence-electron chi connectivity index (χ4n) is 6.82. The van der Waals surface area contributed by atoms with Crippen molar-refractivity contribution >= 4 is 43.2 Å². The van der Waals surface area contributed by atoms with Gasteiger partial charge in [-0.05, 0) is 85.2 Å². The van der Waals surface area contributed by atoms with Crippen molar-refractivity contribution in [3.8, 4) is 5.75 Å². The number of fused-ring (bicyclic) bond motifs is 2. The summed E-state index contributed by atoms with van der Waals surface area (Å²) >= 11 is 0. The highest BCUT2D eigenvalue weighted by molar-refractivity contribution is 7.86. The van der Waals surface area contributed by atoms with E-state index in [9.17, 15) is 35.8 Å². The minimum Gasteiger partial charge on any atom is -0.481 e. The van der Waals surface area contributed by atoms with Crippen molar-refractivity contribution in [1.82, 2.24) is 0 Å². The minimum absolute atomic E-state index is 0.0421. The zero-order chi connectivity index (χ0) is 37.8. The van der Waals surface area contributed by atoms with Crippen LogP contribution in [0.2, 0.25) is 0 Å². The van der Waals surface area contributed by atoms with Gasteiger partial charge in [-0.15, -0.1) is 0 Å². The fourth-order valence-corrected chi connectivity index (χ4v) is 7.82. The van der Waals surface area contributed by atoms with Gasteiger partial charge in [-0.1, -0.05) is 20.8 Å². The number of rotatable bonds is 17. The number of anilines is 2. The first kappa shape index (κ1) is 40.3. The van der Waals surface area contributed by atoms with Crippen LogP contribution in [0, 0.1) is 5.41 Å². The third-order valence-corrected chi connectivity index (χ3v) is 11.0. The number of carboxylic acids is 1. The molecule has 282 valence electrons. The van der Waals surface area contributed by atoms with E-state index in [-0.39, 0.29) is 36.1 Å². The topological polar surface area (TPSA) is 180 Å². The summed E-state index contributed by atoms with van der Waals surface area (Å²) in [6, 6.07) is 10.3. The van der Waals surface area contributed by atoms with E-state index in [1.807, 2.05) is 42.2 Å². The monoisotopic (exact) mass is 750 g/mol. The Morgan fingerprint density at radius 1 is 1.02 bits per heavy atom. The van der Waals surface area contributed by atoms with Gasteiger partial charge in [-0.2, -0.15) is 16.8 Å². The van der Waals surface area contributed by atoms with Crippen LogP contribution in [-0.2, 0) is 39.9 Å². The van der Waals surface area contributed by atoms with Crippen LogP contribution in [0.25, 0.3) is 5.57 Å². The molecule has 2 aliphatic rings. The molecule has 0 amide bonds. The molecule has 0 spiro atoms. The zero-order valence-electron chi connectivity index (χ0n) is 30.1. The minimum atomic E-state index is -4.59. The van der Waals surface area contributed by atoms with Gasteiger partial charge in [0.15, 0.2) is 0 Å². The summed E-state index contributed by atoms with van der Waals surface area (Å²) < 4.78 is 84.8. The van der Waals surface area contributed by atoms with E-state index in [1.165, 1.54) is 12.1 Å². The van der Waals surface area contributed by atoms with Crippen LogP contribution in [0.1, 0.15) is 64.5 Å². The van der Waals surface area contributed by atoms with Crippen molar-refractivity contribution in [3.63, 3.8) is 0 Å². The maximum atomic E-state index is 12.3. The second-order valence-electron chi connectivity index (χ2n) is 14.1. The standard InChI is InChI=1S/C36H50N2O11S2/c1-35(2,3)29-22-26(49-32-21-25(10-12-28(29)32)37(16-18-47-5)17-19-48-6)23-33-36(4,14-7-9-34(39)40)30-24-27(51(44,45)46)11-13-31(30)38(33)15-8-20-50(41,42)43/h10-13,21-24,26H,7-9,14-20H2,1-6H3,(H,39,40)(H,41,42,43)(H,44,45,46)/b33-23+. The van der Waals surface area contributed by atoms with E-state index in [2.05, 4.69) is 25.7 Å². The van der Waals surface area contributed by atoms with Gasteiger partial charge < -0.3 is 29.1 Å². The number of carboxylic acid groups (broad SMARTS) is 1. The van der Waals surface area contributed by atoms with Crippen molar-refractivity contribution in [1.29, 1.82) is 0 Å². The van der Waals surface area contributed by atoms with E-state index in [0.717, 1.165) is 16.8 Å². The van der Waals surface area contributed by atoms with Crippen LogP contribution in [-0.4, -0.2) is 95.9 Å². The summed E-state index contributed by atoms with van der Waals surface area (Å²) in [5.74, 6) is -0.835. The quantitative estimate of drug-likeness (QED) is 0.175. The lowest BCUT2D eigenvalue weighted by Gasteiger charge is -2.35. The Labute approximate surface area is 301 Å². The lowest BCUT2D eigenvalue weighted by Crippen LogP contribution is -2.33. The number of ether oxygens (including phenoxy) is 3. The summed E-state index contributed by atoms with van der Waals surface area (Å²) in [4.78, 5) is 15.3. The maximum absolute atomic E-state index is 12.3. The molecule has 0 saturated heterocycles. The number of hydrogen-bond donors (Lipinski definition) is 3. The van der Waals surface area contributed by atoms with Crippen LogP contribution < -0.4 is 14.5 Å². The first-order valence-corrected chi connectivity index (χ1v) is 19.9. The Balaban J connectivity index is 1.89. The number of nitrogens with zero attached hydrogens (tertiary/aromatic N) is 2. The van der Waals surface area contributed by atoms with E-state index < -0.39 is 43.5 Å². The molecule has 0 saturated carbocycles. The third-order valence-electron chi connectivity index (χ3n) is 9.33. The van der Waals surface area contributed by atoms with Gasteiger partial charge in [-0.3, -0.25) is 13.9 Å². The molecule has 0 aromatic heterocycles. The van der Waals surface area contributed by atoms with Gasteiger partial charge in [0.25, 0.3) is 20.2 Å². The van der Waals surface area contributed by atoms with Crippen molar-refractivity contribution in [3.05, 3.63) is 65.4 Å². The van der Waals surface area contributed by atoms with Gasteiger partial charge in [0.1, 0.15) is 11.9 Å². The Morgan fingerprint density at radius 3 is 2.25 bits per heavy atom. The van der Waals surface area contributed by atoms with Crippen molar-refractivity contribution in [2.24, 2.45) is 5.41 Å². The highest BCUT2D eigenvalue weighted by Crippen LogP contribution is 2.52. The second-order valence-corrected chi connectivity index (χ2v) is 17.1. The predicted molar refractivity (Wildman–Crippen MR) is 196 cm³/mol. The normalized spacial score (nSPS) is 19.8. The van der Waals surface area contributed by atoms with Gasteiger partial charge >= 0.3 is 5.97 Å². The van der Waals surface area contributed by atoms with Crippen molar-refractivity contribution < 1.29 is 50.1 Å². The first-order chi connectivity index (χ1) is 23.8. The molecule has 2 aromatic rings. The smallest absolute Gasteiger partial charge is 0.303 e. The largest absolute Gasteiger partial charge is 0.481 e. The molecule has 4 rings (SSSR count). The summed E-state index contributed by atoms with van der Waals surface area (Å²) in [5, 5.41) is 9.48. The molecular weight excluding hydrogens is 701 g/mol. The Bertz CT molecular complexity index is 1860.